The van der Waals surface area contributed by atoms with Gasteiger partial charge in [0, 0.05) is 12.8 Å². The lowest BCUT2D eigenvalue weighted by atomic mass is 9.69. The smallest absolute Gasteiger partial charge is 0.248 e. The Hall–Kier alpha value is -1.77. The molecule has 108 valence electrons. The van der Waals surface area contributed by atoms with Crippen LogP contribution >= 0.6 is 0 Å². The molecule has 1 aromatic carbocycles. The highest BCUT2D eigenvalue weighted by molar-refractivity contribution is 5.39. The Morgan fingerprint density at radius 2 is 1.60 bits per heavy atom. The van der Waals surface area contributed by atoms with Gasteiger partial charge in [-0.25, -0.2) is 17.6 Å². The van der Waals surface area contributed by atoms with Gasteiger partial charge in [0.25, 0.3) is 0 Å². The van der Waals surface area contributed by atoms with Crippen LogP contribution in [0.15, 0.2) is 12.1 Å². The van der Waals surface area contributed by atoms with Crippen molar-refractivity contribution in [2.75, 3.05) is 7.11 Å². The van der Waals surface area contributed by atoms with Crippen LogP contribution in [0.3, 0.4) is 0 Å². The van der Waals surface area contributed by atoms with Gasteiger partial charge in [0.2, 0.25) is 5.92 Å². The number of methoxy groups -OCH3 is 1. The molecule has 0 bridgehead atoms. The molecule has 1 aromatic rings. The molecule has 1 aliphatic carbocycles. The van der Waals surface area contributed by atoms with Crippen LogP contribution in [0.25, 0.3) is 0 Å². The molecule has 1 aliphatic rings. The van der Waals surface area contributed by atoms with E-state index in [4.69, 9.17) is 0 Å². The van der Waals surface area contributed by atoms with Crippen LogP contribution in [0.4, 0.5) is 17.6 Å². The van der Waals surface area contributed by atoms with Gasteiger partial charge in [0.15, 0.2) is 17.4 Å². The van der Waals surface area contributed by atoms with Gasteiger partial charge >= 0.3 is 0 Å². The number of hydrogen-bond acceptors (Lipinski definition) is 2. The summed E-state index contributed by atoms with van der Waals surface area (Å²) < 4.78 is 58.4. The Morgan fingerprint density at radius 1 is 1.10 bits per heavy atom. The fourth-order valence-electron chi connectivity index (χ4n) is 2.54. The summed E-state index contributed by atoms with van der Waals surface area (Å²) in [7, 11) is 1.13. The number of ether oxygens (including phenoxy) is 1. The van der Waals surface area contributed by atoms with Gasteiger partial charge in [-0.1, -0.05) is 0 Å². The van der Waals surface area contributed by atoms with Crippen LogP contribution in [-0.4, -0.2) is 13.0 Å². The quantitative estimate of drug-likeness (QED) is 0.772. The molecule has 0 spiro atoms. The zero-order chi connectivity index (χ0) is 15.0. The second-order valence-corrected chi connectivity index (χ2v) is 5.02. The number of benzene rings is 1. The van der Waals surface area contributed by atoms with E-state index in [0.29, 0.717) is 0 Å². The van der Waals surface area contributed by atoms with Gasteiger partial charge in [-0.2, -0.15) is 5.26 Å². The molecule has 0 saturated heterocycles. The molecule has 0 radical (unpaired) electrons. The normalized spacial score (nSPS) is 20.2. The van der Waals surface area contributed by atoms with Crippen molar-refractivity contribution in [2.24, 2.45) is 0 Å². The van der Waals surface area contributed by atoms with Crippen LogP contribution in [0.1, 0.15) is 31.2 Å². The number of halogens is 4. The molecule has 2 nitrogen and oxygen atoms in total. The third-order valence-corrected chi connectivity index (χ3v) is 3.80. The molecule has 0 unspecified atom stereocenters. The first kappa shape index (κ1) is 14.6. The van der Waals surface area contributed by atoms with Gasteiger partial charge in [-0.15, -0.1) is 0 Å². The van der Waals surface area contributed by atoms with Crippen molar-refractivity contribution in [3.8, 4) is 11.8 Å². The summed E-state index contributed by atoms with van der Waals surface area (Å²) in [4.78, 5) is 0. The van der Waals surface area contributed by atoms with Crippen LogP contribution in [0.2, 0.25) is 0 Å². The number of nitriles is 1. The second-order valence-electron chi connectivity index (χ2n) is 5.02. The highest BCUT2D eigenvalue weighted by Gasteiger charge is 2.45. The maximum atomic E-state index is 13.7. The summed E-state index contributed by atoms with van der Waals surface area (Å²) in [5.41, 5.74) is -1.18. The first-order valence-electron chi connectivity index (χ1n) is 6.16. The third kappa shape index (κ3) is 2.45. The standard InChI is InChI=1S/C14H13F4NO/c1-20-12-10(15)6-9(7-11(12)16)13(8-19)2-4-14(17,18)5-3-13/h6-7H,2-5H2,1H3. The molecule has 0 amide bonds. The molecule has 1 fully saturated rings. The zero-order valence-electron chi connectivity index (χ0n) is 10.9. The number of rotatable bonds is 2. The van der Waals surface area contributed by atoms with Crippen molar-refractivity contribution in [2.45, 2.75) is 37.0 Å². The third-order valence-electron chi connectivity index (χ3n) is 3.80. The highest BCUT2D eigenvalue weighted by Crippen LogP contribution is 2.45. The van der Waals surface area contributed by atoms with Gasteiger partial charge < -0.3 is 4.74 Å². The van der Waals surface area contributed by atoms with E-state index in [2.05, 4.69) is 4.74 Å². The molecule has 0 atom stereocenters. The maximum Gasteiger partial charge on any atom is 0.248 e. The van der Waals surface area contributed by atoms with Gasteiger partial charge in [-0.05, 0) is 30.5 Å². The summed E-state index contributed by atoms with van der Waals surface area (Å²) in [6.45, 7) is 0. The minimum absolute atomic E-state index is 0.0892. The van der Waals surface area contributed by atoms with Gasteiger partial charge in [-0.3, -0.25) is 0 Å². The SMILES string of the molecule is COc1c(F)cc(C2(C#N)CCC(F)(F)CC2)cc1F. The largest absolute Gasteiger partial charge is 0.491 e. The van der Waals surface area contributed by atoms with Crippen LogP contribution in [-0.2, 0) is 5.41 Å². The van der Waals surface area contributed by atoms with E-state index in [9.17, 15) is 22.8 Å². The molecule has 2 rings (SSSR count). The Balaban J connectivity index is 2.42. The second kappa shape index (κ2) is 4.97. The van der Waals surface area contributed by atoms with E-state index in [1.165, 1.54) is 0 Å². The van der Waals surface area contributed by atoms with E-state index in [0.717, 1.165) is 19.2 Å². The lowest BCUT2D eigenvalue weighted by molar-refractivity contribution is -0.0454. The summed E-state index contributed by atoms with van der Waals surface area (Å²) >= 11 is 0. The monoisotopic (exact) mass is 287 g/mol. The predicted molar refractivity (Wildman–Crippen MR) is 63.6 cm³/mol. The van der Waals surface area contributed by atoms with Crippen LogP contribution < -0.4 is 4.74 Å². The Morgan fingerprint density at radius 3 is 2.00 bits per heavy atom. The molecule has 6 heteroatoms. The first-order valence-corrected chi connectivity index (χ1v) is 6.16. The molecule has 20 heavy (non-hydrogen) atoms. The summed E-state index contributed by atoms with van der Waals surface area (Å²) in [6.07, 6.45) is -1.17. The maximum absolute atomic E-state index is 13.7. The first-order chi connectivity index (χ1) is 9.33. The van der Waals surface area contributed by atoms with Crippen molar-refractivity contribution in [3.05, 3.63) is 29.3 Å². The van der Waals surface area contributed by atoms with Crippen molar-refractivity contribution < 1.29 is 22.3 Å². The van der Waals surface area contributed by atoms with E-state index >= 15 is 0 Å². The molecular formula is C14H13F4NO. The van der Waals surface area contributed by atoms with Crippen molar-refractivity contribution >= 4 is 0 Å². The zero-order valence-corrected chi connectivity index (χ0v) is 10.9. The fraction of sp³-hybridized carbons (Fsp3) is 0.500. The highest BCUT2D eigenvalue weighted by atomic mass is 19.3. The molecule has 0 N–H and O–H groups in total. The molecule has 0 heterocycles. The van der Waals surface area contributed by atoms with Crippen molar-refractivity contribution in [1.29, 1.82) is 5.26 Å². The number of alkyl halides is 2. The van der Waals surface area contributed by atoms with Gasteiger partial charge in [0.05, 0.1) is 18.6 Å². The summed E-state index contributed by atoms with van der Waals surface area (Å²) in [5, 5.41) is 9.30. The minimum Gasteiger partial charge on any atom is -0.491 e. The molecule has 1 saturated carbocycles. The molecule has 0 aliphatic heterocycles. The Bertz CT molecular complexity index is 532. The minimum atomic E-state index is -2.82. The van der Waals surface area contributed by atoms with E-state index in [1.54, 1.807) is 0 Å². The molecule has 0 aromatic heterocycles. The van der Waals surface area contributed by atoms with Crippen LogP contribution in [0, 0.1) is 23.0 Å². The average molecular weight is 287 g/mol. The van der Waals surface area contributed by atoms with E-state index in [1.807, 2.05) is 6.07 Å². The van der Waals surface area contributed by atoms with Crippen molar-refractivity contribution in [1.82, 2.24) is 0 Å². The average Bonchev–Trinajstić information content (AvgIpc) is 2.39. The Kier molecular flexibility index (Phi) is 3.63. The predicted octanol–water partition coefficient (Wildman–Crippen LogP) is 3.94. The van der Waals surface area contributed by atoms with Gasteiger partial charge in [0.1, 0.15) is 0 Å². The number of nitrogens with zero attached hydrogens (tertiary/aromatic N) is 1. The van der Waals surface area contributed by atoms with Crippen LogP contribution in [0.5, 0.6) is 5.75 Å². The summed E-state index contributed by atoms with van der Waals surface area (Å²) in [5.74, 6) is -5.23. The van der Waals surface area contributed by atoms with Crippen molar-refractivity contribution in [3.63, 3.8) is 0 Å². The molecular weight excluding hydrogens is 274 g/mol. The number of hydrogen-bond donors (Lipinski definition) is 0. The van der Waals surface area contributed by atoms with E-state index < -0.39 is 41.6 Å². The lowest BCUT2D eigenvalue weighted by Gasteiger charge is -2.35. The van der Waals surface area contributed by atoms with E-state index in [-0.39, 0.29) is 18.4 Å². The summed E-state index contributed by atoms with van der Waals surface area (Å²) in [6, 6.07) is 3.95. The fourth-order valence-corrected chi connectivity index (χ4v) is 2.54. The Labute approximate surface area is 114 Å². The topological polar surface area (TPSA) is 33.0 Å². The lowest BCUT2D eigenvalue weighted by Crippen LogP contribution is -2.35.